The minimum absolute atomic E-state index is 0.0757. The lowest BCUT2D eigenvalue weighted by atomic mass is 9.43. The summed E-state index contributed by atoms with van der Waals surface area (Å²) < 4.78 is 0. The average Bonchev–Trinajstić information content (AvgIpc) is 3.32. The van der Waals surface area contributed by atoms with E-state index in [0.717, 1.165) is 38.5 Å². The van der Waals surface area contributed by atoms with Gasteiger partial charge in [0.1, 0.15) is 6.17 Å². The van der Waals surface area contributed by atoms with E-state index in [0.29, 0.717) is 48.3 Å². The van der Waals surface area contributed by atoms with Gasteiger partial charge in [-0.3, -0.25) is 9.59 Å². The summed E-state index contributed by atoms with van der Waals surface area (Å²) in [5.74, 6) is 4.91. The second kappa shape index (κ2) is 14.5. The number of carbonyl (C=O) groups excluding carboxylic acids is 2. The minimum atomic E-state index is -0.776. The molecular weight excluding hydrogens is 542 g/mol. The monoisotopic (exact) mass is 595 g/mol. The third-order valence-electron chi connectivity index (χ3n) is 12.2. The molecule has 0 saturated heterocycles. The van der Waals surface area contributed by atoms with E-state index >= 15 is 0 Å². The van der Waals surface area contributed by atoms with E-state index < -0.39 is 6.17 Å². The number of azide groups is 1. The van der Waals surface area contributed by atoms with Gasteiger partial charge in [0.25, 0.3) is 0 Å². The van der Waals surface area contributed by atoms with Gasteiger partial charge in [0.15, 0.2) is 0 Å². The highest BCUT2D eigenvalue weighted by Gasteiger charge is 2.62. The Morgan fingerprint density at radius 2 is 1.86 bits per heavy atom. The molecule has 2 amide bonds. The SMILES string of the molecule is C#CCCCC(=O)NC(CN=[N+]=[N-])NC(=O)C=CCC[C@@H](C)[C@H]1CC[C@H]2[C@@H]3C(O)C[C@@H]4C[C@H](O)CC[C@]4(C)[C@H]3CC[C@]12C. The molecule has 0 spiro atoms. The fraction of sp³-hybridized carbons (Fsp3) is 0.824. The van der Waals surface area contributed by atoms with Crippen LogP contribution in [-0.2, 0) is 9.59 Å². The summed E-state index contributed by atoms with van der Waals surface area (Å²) in [6, 6.07) is 0. The number of amides is 2. The van der Waals surface area contributed by atoms with Gasteiger partial charge in [0.2, 0.25) is 11.8 Å². The molecule has 4 aliphatic rings. The number of nitrogens with zero attached hydrogens (tertiary/aromatic N) is 3. The molecule has 11 atom stereocenters. The van der Waals surface area contributed by atoms with Gasteiger partial charge in [-0.1, -0.05) is 32.0 Å². The van der Waals surface area contributed by atoms with Gasteiger partial charge in [-0.05, 0) is 129 Å². The highest BCUT2D eigenvalue weighted by atomic mass is 16.3. The molecule has 0 heterocycles. The molecule has 43 heavy (non-hydrogen) atoms. The van der Waals surface area contributed by atoms with Crippen molar-refractivity contribution in [1.82, 2.24) is 10.6 Å². The van der Waals surface area contributed by atoms with Crippen molar-refractivity contribution in [2.75, 3.05) is 6.54 Å². The maximum absolute atomic E-state index is 12.6. The minimum Gasteiger partial charge on any atom is -0.393 e. The zero-order chi connectivity index (χ0) is 31.2. The van der Waals surface area contributed by atoms with E-state index in [9.17, 15) is 19.8 Å². The molecule has 0 aromatic rings. The summed E-state index contributed by atoms with van der Waals surface area (Å²) in [4.78, 5) is 27.4. The van der Waals surface area contributed by atoms with E-state index in [-0.39, 0.29) is 47.8 Å². The van der Waals surface area contributed by atoms with Crippen LogP contribution in [-0.4, -0.2) is 46.9 Å². The number of aliphatic hydroxyl groups is 2. The van der Waals surface area contributed by atoms with Crippen molar-refractivity contribution >= 4 is 11.8 Å². The molecule has 0 aromatic heterocycles. The van der Waals surface area contributed by atoms with Crippen molar-refractivity contribution < 1.29 is 19.8 Å². The second-order valence-electron chi connectivity index (χ2n) is 14.5. The van der Waals surface area contributed by atoms with Crippen LogP contribution in [0.4, 0.5) is 0 Å². The number of rotatable bonds is 12. The molecule has 238 valence electrons. The number of hydrogen-bond acceptors (Lipinski definition) is 5. The van der Waals surface area contributed by atoms with Gasteiger partial charge in [-0.15, -0.1) is 12.3 Å². The molecule has 4 fully saturated rings. The van der Waals surface area contributed by atoms with Crippen molar-refractivity contribution in [3.05, 3.63) is 22.6 Å². The summed E-state index contributed by atoms with van der Waals surface area (Å²) in [7, 11) is 0. The lowest BCUT2D eigenvalue weighted by Crippen LogP contribution is -2.58. The first-order valence-electron chi connectivity index (χ1n) is 16.6. The highest BCUT2D eigenvalue weighted by Crippen LogP contribution is 2.68. The first-order chi connectivity index (χ1) is 20.5. The molecule has 0 radical (unpaired) electrons. The van der Waals surface area contributed by atoms with Crippen molar-refractivity contribution in [1.29, 1.82) is 0 Å². The number of terminal acetylenes is 1. The van der Waals surface area contributed by atoms with Gasteiger partial charge in [-0.25, -0.2) is 0 Å². The summed E-state index contributed by atoms with van der Waals surface area (Å²) in [5, 5.41) is 30.7. The second-order valence-corrected chi connectivity index (χ2v) is 14.5. The van der Waals surface area contributed by atoms with Gasteiger partial charge in [-0.2, -0.15) is 0 Å². The number of hydrogen-bond donors (Lipinski definition) is 4. The molecule has 4 rings (SSSR count). The van der Waals surface area contributed by atoms with Crippen molar-refractivity contribution in [2.45, 2.75) is 123 Å². The average molecular weight is 596 g/mol. The first-order valence-corrected chi connectivity index (χ1v) is 16.6. The topological polar surface area (TPSA) is 147 Å². The standard InChI is InChI=1S/C34H53N5O4/c1-5-6-7-11-30(42)37-29(21-36-39-35)38-31(43)12-9-8-10-22(2)25-13-14-26-32-27(16-18-34(25,26)4)33(3)17-15-24(40)19-23(33)20-28(32)41/h1,9,12,22-29,32,40-41H,6-8,10-11,13-21H2,2-4H3,(H,37,42)(H,38,43)/t22-,23+,24-,25-,26+,27+,28?,29?,32+,33+,34-/m1/s1. The molecule has 4 N–H and O–H groups in total. The van der Waals surface area contributed by atoms with Crippen LogP contribution in [0.5, 0.6) is 0 Å². The number of carbonyl (C=O) groups is 2. The van der Waals surface area contributed by atoms with E-state index in [4.69, 9.17) is 12.0 Å². The van der Waals surface area contributed by atoms with Crippen molar-refractivity contribution in [3.63, 3.8) is 0 Å². The van der Waals surface area contributed by atoms with Crippen molar-refractivity contribution in [2.24, 2.45) is 51.5 Å². The van der Waals surface area contributed by atoms with E-state index in [1.54, 1.807) is 0 Å². The molecule has 9 nitrogen and oxygen atoms in total. The molecule has 4 aliphatic carbocycles. The third-order valence-corrected chi connectivity index (χ3v) is 12.2. The fourth-order valence-electron chi connectivity index (χ4n) is 10.0. The lowest BCUT2D eigenvalue weighted by Gasteiger charge is -2.62. The molecule has 4 saturated carbocycles. The Labute approximate surface area is 257 Å². The summed E-state index contributed by atoms with van der Waals surface area (Å²) >= 11 is 0. The molecule has 0 bridgehead atoms. The largest absolute Gasteiger partial charge is 0.393 e. The first kappa shape index (κ1) is 33.4. The number of allylic oxidation sites excluding steroid dienone is 1. The number of nitrogens with one attached hydrogen (secondary N) is 2. The summed E-state index contributed by atoms with van der Waals surface area (Å²) in [5.41, 5.74) is 9.14. The Kier molecular flexibility index (Phi) is 11.3. The van der Waals surface area contributed by atoms with Crippen LogP contribution in [0.2, 0.25) is 0 Å². The maximum Gasteiger partial charge on any atom is 0.245 e. The third kappa shape index (κ3) is 7.41. The van der Waals surface area contributed by atoms with Crippen LogP contribution in [0.15, 0.2) is 17.3 Å². The van der Waals surface area contributed by atoms with Crippen LogP contribution in [0.25, 0.3) is 10.4 Å². The zero-order valence-electron chi connectivity index (χ0n) is 26.4. The number of fused-ring (bicyclic) bond motifs is 5. The predicted octanol–water partition coefficient (Wildman–Crippen LogP) is 5.62. The van der Waals surface area contributed by atoms with E-state index in [1.807, 2.05) is 6.08 Å². The molecule has 0 aromatic carbocycles. The number of unbranched alkanes of at least 4 members (excludes halogenated alkanes) is 1. The normalized spacial score (nSPS) is 38.0. The van der Waals surface area contributed by atoms with Crippen LogP contribution in [0.1, 0.15) is 104 Å². The van der Waals surface area contributed by atoms with Crippen LogP contribution in [0, 0.1) is 58.7 Å². The fourth-order valence-corrected chi connectivity index (χ4v) is 10.0. The summed E-state index contributed by atoms with van der Waals surface area (Å²) in [6.45, 7) is 7.22. The lowest BCUT2D eigenvalue weighted by molar-refractivity contribution is -0.174. The van der Waals surface area contributed by atoms with Gasteiger partial charge in [0, 0.05) is 17.8 Å². The quantitative estimate of drug-likeness (QED) is 0.0441. The number of aliphatic hydroxyl groups excluding tert-OH is 2. The smallest absolute Gasteiger partial charge is 0.245 e. The molecule has 0 aliphatic heterocycles. The highest BCUT2D eigenvalue weighted by molar-refractivity contribution is 5.88. The molecular formula is C34H53N5O4. The van der Waals surface area contributed by atoms with Crippen LogP contribution in [0.3, 0.4) is 0 Å². The predicted molar refractivity (Wildman–Crippen MR) is 167 cm³/mol. The van der Waals surface area contributed by atoms with Gasteiger partial charge in [0.05, 0.1) is 18.8 Å². The maximum atomic E-state index is 12.6. The Bertz CT molecular complexity index is 1110. The van der Waals surface area contributed by atoms with Crippen LogP contribution < -0.4 is 10.6 Å². The molecule has 9 heteroatoms. The van der Waals surface area contributed by atoms with Gasteiger partial charge < -0.3 is 20.8 Å². The Hall–Kier alpha value is -2.53. The van der Waals surface area contributed by atoms with E-state index in [2.05, 4.69) is 47.4 Å². The molecule has 2 unspecified atom stereocenters. The Morgan fingerprint density at radius 3 is 2.60 bits per heavy atom. The zero-order valence-corrected chi connectivity index (χ0v) is 26.4. The summed E-state index contributed by atoms with van der Waals surface area (Å²) in [6.07, 6.45) is 18.9. The Balaban J connectivity index is 1.29. The van der Waals surface area contributed by atoms with Gasteiger partial charge >= 0.3 is 0 Å². The van der Waals surface area contributed by atoms with Crippen LogP contribution >= 0.6 is 0 Å². The Morgan fingerprint density at radius 1 is 1.12 bits per heavy atom. The van der Waals surface area contributed by atoms with Crippen molar-refractivity contribution in [3.8, 4) is 12.3 Å². The van der Waals surface area contributed by atoms with E-state index in [1.165, 1.54) is 31.8 Å².